The Balaban J connectivity index is 2.13. The highest BCUT2D eigenvalue weighted by atomic mass is 16.5. The molecule has 0 aromatic heterocycles. The third kappa shape index (κ3) is 3.37. The summed E-state index contributed by atoms with van der Waals surface area (Å²) in [5, 5.41) is 11.4. The molecule has 1 saturated heterocycles. The van der Waals surface area contributed by atoms with Gasteiger partial charge in [-0.15, -0.1) is 0 Å². The Kier molecular flexibility index (Phi) is 4.75. The van der Waals surface area contributed by atoms with E-state index >= 15 is 0 Å². The van der Waals surface area contributed by atoms with Crippen molar-refractivity contribution < 1.29 is 9.53 Å². The van der Waals surface area contributed by atoms with Gasteiger partial charge >= 0.3 is 0 Å². The van der Waals surface area contributed by atoms with Gasteiger partial charge in [0, 0.05) is 25.8 Å². The van der Waals surface area contributed by atoms with E-state index in [1.165, 1.54) is 7.05 Å². The molecule has 1 amide bonds. The first-order valence-corrected chi connectivity index (χ1v) is 6.51. The molecule has 2 rings (SSSR count). The third-order valence-electron chi connectivity index (χ3n) is 3.17. The van der Waals surface area contributed by atoms with Gasteiger partial charge in [0.05, 0.1) is 13.2 Å². The van der Waals surface area contributed by atoms with Crippen molar-refractivity contribution in [1.82, 2.24) is 5.32 Å². The quantitative estimate of drug-likeness (QED) is 0.662. The predicted octanol–water partition coefficient (Wildman–Crippen LogP) is 1.18. The number of benzene rings is 1. The van der Waals surface area contributed by atoms with E-state index in [1.807, 2.05) is 30.3 Å². The van der Waals surface area contributed by atoms with E-state index in [9.17, 15) is 4.79 Å². The first-order valence-electron chi connectivity index (χ1n) is 6.51. The Bertz CT molecular complexity index is 537. The Morgan fingerprint density at radius 2 is 2.00 bits per heavy atom. The summed E-state index contributed by atoms with van der Waals surface area (Å²) in [6.45, 7) is 3.27. The molecule has 20 heavy (non-hydrogen) atoms. The first kappa shape index (κ1) is 14.1. The Morgan fingerprint density at radius 3 is 2.55 bits per heavy atom. The minimum absolute atomic E-state index is 0.103. The molecule has 0 spiro atoms. The lowest BCUT2D eigenvalue weighted by molar-refractivity contribution is -0.116. The molecule has 5 heteroatoms. The van der Waals surface area contributed by atoms with Crippen molar-refractivity contribution in [3.8, 4) is 6.07 Å². The van der Waals surface area contributed by atoms with Crippen LogP contribution in [-0.2, 0) is 9.53 Å². The highest BCUT2D eigenvalue weighted by Gasteiger charge is 2.11. The summed E-state index contributed by atoms with van der Waals surface area (Å²) in [4.78, 5) is 13.7. The normalized spacial score (nSPS) is 15.6. The molecule has 0 saturated carbocycles. The molecule has 104 valence electrons. The smallest absolute Gasteiger partial charge is 0.261 e. The van der Waals surface area contributed by atoms with Crippen LogP contribution in [-0.4, -0.2) is 39.3 Å². The van der Waals surface area contributed by atoms with Crippen molar-refractivity contribution >= 4 is 17.7 Å². The number of nitrogens with zero attached hydrogens (tertiary/aromatic N) is 2. The van der Waals surface area contributed by atoms with Gasteiger partial charge in [0.25, 0.3) is 5.91 Å². The molecule has 0 bridgehead atoms. The van der Waals surface area contributed by atoms with Crippen LogP contribution in [0.4, 0.5) is 5.69 Å². The Morgan fingerprint density at radius 1 is 1.35 bits per heavy atom. The molecule has 1 aromatic rings. The molecule has 0 atom stereocenters. The van der Waals surface area contributed by atoms with E-state index in [-0.39, 0.29) is 11.5 Å². The van der Waals surface area contributed by atoms with E-state index in [0.29, 0.717) is 0 Å². The van der Waals surface area contributed by atoms with Crippen molar-refractivity contribution in [1.29, 1.82) is 5.26 Å². The zero-order chi connectivity index (χ0) is 14.4. The Hall–Kier alpha value is -2.32. The van der Waals surface area contributed by atoms with Crippen LogP contribution in [0.25, 0.3) is 6.08 Å². The molecule has 0 aliphatic carbocycles. The molecular formula is C15H17N3O2. The summed E-state index contributed by atoms with van der Waals surface area (Å²) < 4.78 is 5.32. The first-order chi connectivity index (χ1) is 9.74. The van der Waals surface area contributed by atoms with Crippen LogP contribution in [0.3, 0.4) is 0 Å². The number of morpholine rings is 1. The fourth-order valence-electron chi connectivity index (χ4n) is 2.05. The zero-order valence-electron chi connectivity index (χ0n) is 11.4. The minimum Gasteiger partial charge on any atom is -0.378 e. The maximum atomic E-state index is 11.4. The monoisotopic (exact) mass is 271 g/mol. The zero-order valence-corrected chi connectivity index (χ0v) is 11.4. The van der Waals surface area contributed by atoms with Crippen LogP contribution in [0.2, 0.25) is 0 Å². The highest BCUT2D eigenvalue weighted by molar-refractivity contribution is 6.01. The van der Waals surface area contributed by atoms with Crippen LogP contribution >= 0.6 is 0 Å². The van der Waals surface area contributed by atoms with Crippen molar-refractivity contribution in [2.75, 3.05) is 38.3 Å². The van der Waals surface area contributed by atoms with Crippen LogP contribution in [0, 0.1) is 11.3 Å². The lowest BCUT2D eigenvalue weighted by Gasteiger charge is -2.28. The number of nitrogens with one attached hydrogen (secondary N) is 1. The van der Waals surface area contributed by atoms with E-state index in [1.54, 1.807) is 6.08 Å². The van der Waals surface area contributed by atoms with Gasteiger partial charge in [-0.05, 0) is 23.8 Å². The number of nitriles is 1. The van der Waals surface area contributed by atoms with Crippen molar-refractivity contribution in [2.45, 2.75) is 0 Å². The summed E-state index contributed by atoms with van der Waals surface area (Å²) in [5.74, 6) is -0.371. The number of hydrogen-bond acceptors (Lipinski definition) is 4. The maximum Gasteiger partial charge on any atom is 0.261 e. The number of likely N-dealkylation sites (N-methyl/N-ethyl adjacent to an activating group) is 1. The van der Waals surface area contributed by atoms with Gasteiger partial charge in [0.15, 0.2) is 0 Å². The molecule has 1 aliphatic rings. The van der Waals surface area contributed by atoms with Crippen LogP contribution in [0.1, 0.15) is 5.56 Å². The lowest BCUT2D eigenvalue weighted by atomic mass is 10.1. The molecular weight excluding hydrogens is 254 g/mol. The number of ether oxygens (including phenoxy) is 1. The minimum atomic E-state index is -0.371. The second kappa shape index (κ2) is 6.73. The van der Waals surface area contributed by atoms with E-state index in [4.69, 9.17) is 10.00 Å². The summed E-state index contributed by atoms with van der Waals surface area (Å²) in [5.41, 5.74) is 2.07. The molecule has 1 aromatic carbocycles. The van der Waals surface area contributed by atoms with Gasteiger partial charge in [-0.3, -0.25) is 4.79 Å². The topological polar surface area (TPSA) is 65.4 Å². The van der Waals surface area contributed by atoms with Gasteiger partial charge < -0.3 is 15.0 Å². The van der Waals surface area contributed by atoms with E-state index in [0.717, 1.165) is 37.6 Å². The van der Waals surface area contributed by atoms with Crippen LogP contribution in [0.5, 0.6) is 0 Å². The fourth-order valence-corrected chi connectivity index (χ4v) is 2.05. The van der Waals surface area contributed by atoms with Gasteiger partial charge in [-0.2, -0.15) is 5.26 Å². The van der Waals surface area contributed by atoms with Gasteiger partial charge in [0.1, 0.15) is 11.6 Å². The lowest BCUT2D eigenvalue weighted by Crippen LogP contribution is -2.36. The summed E-state index contributed by atoms with van der Waals surface area (Å²) in [6.07, 6.45) is 1.59. The molecule has 1 heterocycles. The van der Waals surface area contributed by atoms with E-state index < -0.39 is 0 Å². The summed E-state index contributed by atoms with van der Waals surface area (Å²) >= 11 is 0. The largest absolute Gasteiger partial charge is 0.378 e. The predicted molar refractivity (Wildman–Crippen MR) is 77.1 cm³/mol. The van der Waals surface area contributed by atoms with Crippen molar-refractivity contribution in [3.63, 3.8) is 0 Å². The standard InChI is InChI=1S/C15H17N3O2/c1-17-15(19)13(11-16)10-12-2-4-14(5-3-12)18-6-8-20-9-7-18/h2-5,10H,6-9H2,1H3,(H,17,19). The molecule has 5 nitrogen and oxygen atoms in total. The average Bonchev–Trinajstić information content (AvgIpc) is 2.53. The molecule has 0 radical (unpaired) electrons. The third-order valence-corrected chi connectivity index (χ3v) is 3.17. The van der Waals surface area contributed by atoms with Crippen LogP contribution in [0.15, 0.2) is 29.8 Å². The second-order valence-electron chi connectivity index (χ2n) is 4.44. The molecule has 0 unspecified atom stereocenters. The number of hydrogen-bond donors (Lipinski definition) is 1. The molecule has 1 fully saturated rings. The summed E-state index contributed by atoms with van der Waals surface area (Å²) in [7, 11) is 1.51. The number of carbonyl (C=O) groups is 1. The average molecular weight is 271 g/mol. The van der Waals surface area contributed by atoms with E-state index in [2.05, 4.69) is 10.2 Å². The number of amides is 1. The maximum absolute atomic E-state index is 11.4. The van der Waals surface area contributed by atoms with Crippen molar-refractivity contribution in [2.24, 2.45) is 0 Å². The van der Waals surface area contributed by atoms with Gasteiger partial charge in [-0.25, -0.2) is 0 Å². The van der Waals surface area contributed by atoms with Crippen LogP contribution < -0.4 is 10.2 Å². The number of anilines is 1. The summed E-state index contributed by atoms with van der Waals surface area (Å²) in [6, 6.07) is 9.71. The second-order valence-corrected chi connectivity index (χ2v) is 4.44. The molecule has 1 N–H and O–H groups in total. The fraction of sp³-hybridized carbons (Fsp3) is 0.333. The van der Waals surface area contributed by atoms with Gasteiger partial charge in [0.2, 0.25) is 0 Å². The molecule has 1 aliphatic heterocycles. The van der Waals surface area contributed by atoms with Gasteiger partial charge in [-0.1, -0.05) is 12.1 Å². The highest BCUT2D eigenvalue weighted by Crippen LogP contribution is 2.18. The number of rotatable bonds is 3. The van der Waals surface area contributed by atoms with Crippen molar-refractivity contribution in [3.05, 3.63) is 35.4 Å². The SMILES string of the molecule is CNC(=O)C(C#N)=Cc1ccc(N2CCOCC2)cc1. The Labute approximate surface area is 118 Å². The number of carbonyl (C=O) groups excluding carboxylic acids is 1.